The second kappa shape index (κ2) is 12.2. The molecule has 0 radical (unpaired) electrons. The third-order valence-electron chi connectivity index (χ3n) is 12.2. The molecule has 0 saturated carbocycles. The fourth-order valence-electron chi connectivity index (χ4n) is 9.65. The van der Waals surface area contributed by atoms with Crippen LogP contribution in [0.1, 0.15) is 18.0 Å². The molecule has 2 nitrogen and oxygen atoms in total. The fourth-order valence-corrected chi connectivity index (χ4v) is 9.65. The van der Waals surface area contributed by atoms with Gasteiger partial charge < -0.3 is 9.13 Å². The molecule has 9 aromatic carbocycles. The lowest BCUT2D eigenvalue weighted by Gasteiger charge is -2.21. The first-order valence-electron chi connectivity index (χ1n) is 19.6. The average Bonchev–Trinajstić information content (AvgIpc) is 3.79. The van der Waals surface area contributed by atoms with Crippen LogP contribution in [0.2, 0.25) is 0 Å². The van der Waals surface area contributed by atoms with E-state index in [0.717, 1.165) is 6.42 Å². The summed E-state index contributed by atoms with van der Waals surface area (Å²) < 4.78 is 4.99. The van der Waals surface area contributed by atoms with E-state index in [1.165, 1.54) is 104 Å². The van der Waals surface area contributed by atoms with Gasteiger partial charge in [-0.3, -0.25) is 0 Å². The lowest BCUT2D eigenvalue weighted by molar-refractivity contribution is 0.649. The van der Waals surface area contributed by atoms with E-state index >= 15 is 0 Å². The maximum Gasteiger partial charge on any atom is 0.0560 e. The Kier molecular flexibility index (Phi) is 6.79. The van der Waals surface area contributed by atoms with Crippen molar-refractivity contribution in [1.82, 2.24) is 9.13 Å². The molecule has 0 saturated heterocycles. The molecule has 1 atom stereocenters. The van der Waals surface area contributed by atoms with Crippen LogP contribution in [0.4, 0.5) is 0 Å². The second-order valence-corrected chi connectivity index (χ2v) is 15.2. The Hall–Kier alpha value is -7.16. The van der Waals surface area contributed by atoms with Crippen molar-refractivity contribution < 1.29 is 0 Å². The minimum Gasteiger partial charge on any atom is -0.333 e. The van der Waals surface area contributed by atoms with Gasteiger partial charge in [0.1, 0.15) is 0 Å². The molecule has 56 heavy (non-hydrogen) atoms. The predicted octanol–water partition coefficient (Wildman–Crippen LogP) is 14.6. The third-order valence-corrected chi connectivity index (χ3v) is 12.2. The number of fused-ring (bicyclic) bond motifs is 12. The smallest absolute Gasteiger partial charge is 0.0560 e. The summed E-state index contributed by atoms with van der Waals surface area (Å²) in [6.45, 7) is 0. The zero-order valence-electron chi connectivity index (χ0n) is 30.7. The van der Waals surface area contributed by atoms with Gasteiger partial charge in [0.2, 0.25) is 0 Å². The minimum atomic E-state index is 0.255. The molecule has 0 aliphatic heterocycles. The highest BCUT2D eigenvalue weighted by atomic mass is 15.0. The lowest BCUT2D eigenvalue weighted by atomic mass is 9.94. The molecule has 2 heteroatoms. The van der Waals surface area contributed by atoms with Crippen LogP contribution in [-0.4, -0.2) is 9.13 Å². The van der Waals surface area contributed by atoms with Gasteiger partial charge in [-0.1, -0.05) is 152 Å². The number of allylic oxidation sites excluding steroid dienone is 4. The molecule has 2 aromatic heterocycles. The Morgan fingerprint density at radius 1 is 0.357 bits per heavy atom. The van der Waals surface area contributed by atoms with Gasteiger partial charge in [0.15, 0.2) is 0 Å². The van der Waals surface area contributed by atoms with E-state index < -0.39 is 0 Å². The molecule has 11 aromatic rings. The molecule has 1 aliphatic carbocycles. The van der Waals surface area contributed by atoms with E-state index in [4.69, 9.17) is 0 Å². The molecule has 12 rings (SSSR count). The number of aromatic nitrogens is 2. The summed E-state index contributed by atoms with van der Waals surface area (Å²) in [6.07, 6.45) is 8.03. The molecule has 1 unspecified atom stereocenters. The van der Waals surface area contributed by atoms with Crippen LogP contribution in [0, 0.1) is 0 Å². The second-order valence-electron chi connectivity index (χ2n) is 15.2. The molecular formula is C54H36N2. The van der Waals surface area contributed by atoms with Crippen molar-refractivity contribution in [2.45, 2.75) is 12.5 Å². The maximum absolute atomic E-state index is 2.54. The van der Waals surface area contributed by atoms with Crippen LogP contribution in [0.25, 0.3) is 98.3 Å². The van der Waals surface area contributed by atoms with Gasteiger partial charge in [-0.05, 0) is 110 Å². The maximum atomic E-state index is 2.54. The van der Waals surface area contributed by atoms with E-state index in [9.17, 15) is 0 Å². The summed E-state index contributed by atoms with van der Waals surface area (Å²) >= 11 is 0. The van der Waals surface area contributed by atoms with Crippen LogP contribution in [0.5, 0.6) is 0 Å². The fraction of sp³-hybridized carbons (Fsp3) is 0.0370. The molecule has 1 aliphatic rings. The van der Waals surface area contributed by atoms with Crippen LogP contribution < -0.4 is 0 Å². The summed E-state index contributed by atoms with van der Waals surface area (Å²) in [4.78, 5) is 0. The van der Waals surface area contributed by atoms with E-state index in [0.29, 0.717) is 0 Å². The Morgan fingerprint density at radius 2 is 0.857 bits per heavy atom. The largest absolute Gasteiger partial charge is 0.333 e. The summed E-state index contributed by atoms with van der Waals surface area (Å²) in [6, 6.07) is 67.4. The average molecular weight is 713 g/mol. The first-order valence-corrected chi connectivity index (χ1v) is 19.6. The Morgan fingerprint density at radius 3 is 1.52 bits per heavy atom. The van der Waals surface area contributed by atoms with Gasteiger partial charge in [0.25, 0.3) is 0 Å². The topological polar surface area (TPSA) is 9.86 Å². The molecule has 0 bridgehead atoms. The number of benzene rings is 9. The summed E-state index contributed by atoms with van der Waals surface area (Å²) in [5.74, 6) is 0. The van der Waals surface area contributed by atoms with Crippen molar-refractivity contribution >= 4 is 81.5 Å². The number of nitrogens with zero attached hydrogens (tertiary/aromatic N) is 2. The Labute approximate surface area is 324 Å². The zero-order chi connectivity index (χ0) is 36.7. The quantitative estimate of drug-likeness (QED) is 0.161. The number of hydrogen-bond acceptors (Lipinski definition) is 0. The van der Waals surface area contributed by atoms with E-state index in [1.54, 1.807) is 0 Å². The normalized spacial score (nSPS) is 14.6. The predicted molar refractivity (Wildman–Crippen MR) is 239 cm³/mol. The molecule has 2 heterocycles. The third kappa shape index (κ3) is 4.63. The zero-order valence-corrected chi connectivity index (χ0v) is 30.7. The first-order chi connectivity index (χ1) is 27.8. The Bertz CT molecular complexity index is 3410. The number of rotatable bonds is 4. The minimum absolute atomic E-state index is 0.255. The summed E-state index contributed by atoms with van der Waals surface area (Å²) in [7, 11) is 0. The van der Waals surface area contributed by atoms with E-state index in [1.807, 2.05) is 0 Å². The highest BCUT2D eigenvalue weighted by Crippen LogP contribution is 2.41. The van der Waals surface area contributed by atoms with Gasteiger partial charge >= 0.3 is 0 Å². The number of hydrogen-bond donors (Lipinski definition) is 0. The molecule has 0 fully saturated rings. The van der Waals surface area contributed by atoms with Crippen molar-refractivity contribution in [3.8, 4) is 16.8 Å². The van der Waals surface area contributed by atoms with Crippen LogP contribution >= 0.6 is 0 Å². The highest BCUT2D eigenvalue weighted by Gasteiger charge is 2.20. The van der Waals surface area contributed by atoms with Crippen molar-refractivity contribution in [1.29, 1.82) is 0 Å². The van der Waals surface area contributed by atoms with E-state index in [-0.39, 0.29) is 6.04 Å². The number of para-hydroxylation sites is 2. The standard InChI is InChI=1S/C54H36N2/c1-2-12-35(13-3-1)36-22-26-39(27-23-36)55-51-20-10-8-18-46(51)49-32-37(24-30-53(49)55)38-25-31-54-50(33-38)47-19-9-11-21-52(47)56(54)40-28-29-45-43-16-5-4-14-41(43)42-15-6-7-17-44(42)48(45)34-40/h1-26,28-34,39H,27H2. The van der Waals surface area contributed by atoms with Crippen LogP contribution in [0.15, 0.2) is 200 Å². The molecule has 0 N–H and O–H groups in total. The molecule has 262 valence electrons. The molecular weight excluding hydrogens is 677 g/mol. The first kappa shape index (κ1) is 31.2. The van der Waals surface area contributed by atoms with Gasteiger partial charge in [0.05, 0.1) is 17.1 Å². The van der Waals surface area contributed by atoms with Crippen LogP contribution in [0.3, 0.4) is 0 Å². The van der Waals surface area contributed by atoms with Crippen molar-refractivity contribution in [2.24, 2.45) is 0 Å². The van der Waals surface area contributed by atoms with Gasteiger partial charge in [0, 0.05) is 38.3 Å². The highest BCUT2D eigenvalue weighted by molar-refractivity contribution is 6.25. The van der Waals surface area contributed by atoms with Crippen molar-refractivity contribution in [3.63, 3.8) is 0 Å². The van der Waals surface area contributed by atoms with E-state index in [2.05, 4.69) is 209 Å². The van der Waals surface area contributed by atoms with Crippen molar-refractivity contribution in [2.75, 3.05) is 0 Å². The SMILES string of the molecule is C1=CC(n2c3ccccc3c3cc(-c4ccc5c(c4)c4ccccc4n5-c4ccc5c6ccccc6c6ccccc6c5c4)ccc32)CC=C1c1ccccc1. The summed E-state index contributed by atoms with van der Waals surface area (Å²) in [5.41, 5.74) is 11.2. The summed E-state index contributed by atoms with van der Waals surface area (Å²) in [5, 5.41) is 12.9. The molecule has 0 spiro atoms. The van der Waals surface area contributed by atoms with Gasteiger partial charge in [-0.15, -0.1) is 0 Å². The lowest BCUT2D eigenvalue weighted by Crippen LogP contribution is -2.07. The molecule has 0 amide bonds. The van der Waals surface area contributed by atoms with Gasteiger partial charge in [-0.2, -0.15) is 0 Å². The monoisotopic (exact) mass is 712 g/mol. The van der Waals surface area contributed by atoms with Crippen molar-refractivity contribution in [3.05, 3.63) is 206 Å². The van der Waals surface area contributed by atoms with Crippen LogP contribution in [-0.2, 0) is 0 Å². The Balaban J connectivity index is 0.991. The van der Waals surface area contributed by atoms with Gasteiger partial charge in [-0.25, -0.2) is 0 Å².